The third-order valence-corrected chi connectivity index (χ3v) is 6.57. The Morgan fingerprint density at radius 1 is 1.09 bits per heavy atom. The van der Waals surface area contributed by atoms with Gasteiger partial charge in [0.25, 0.3) is 0 Å². The van der Waals surface area contributed by atoms with E-state index in [1.165, 1.54) is 6.21 Å². The molecular weight excluding hydrogens is 683 g/mol. The minimum Gasteiger partial charge on any atom is -0.487 e. The molecule has 0 unspecified atom stereocenters. The maximum atomic E-state index is 12.4. The number of hydrogen-bond donors (Lipinski definition) is 2. The molecule has 0 aliphatic rings. The topological polar surface area (TPSA) is 101 Å². The van der Waals surface area contributed by atoms with Gasteiger partial charge in [0.15, 0.2) is 5.76 Å². The molecule has 0 spiro atoms. The summed E-state index contributed by atoms with van der Waals surface area (Å²) in [7, 11) is 0. The van der Waals surface area contributed by atoms with E-state index in [0.29, 0.717) is 11.3 Å². The van der Waals surface area contributed by atoms with Gasteiger partial charge in [-0.05, 0) is 98.2 Å². The highest BCUT2D eigenvalue weighted by Crippen LogP contribution is 2.32. The van der Waals surface area contributed by atoms with Gasteiger partial charge in [0.1, 0.15) is 17.9 Å². The number of rotatable bonds is 7. The van der Waals surface area contributed by atoms with E-state index >= 15 is 0 Å². The van der Waals surface area contributed by atoms with Crippen molar-refractivity contribution >= 4 is 83.5 Å². The Bertz CT molecular complexity index is 1390. The summed E-state index contributed by atoms with van der Waals surface area (Å²) < 4.78 is 13.9. The first-order chi connectivity index (χ1) is 16.3. The molecule has 1 aromatic heterocycles. The highest BCUT2D eigenvalue weighted by Gasteiger charge is 2.12. The molecular formula is C24H15Br2IN2O5. The molecule has 0 aliphatic carbocycles. The normalized spacial score (nSPS) is 11.1. The molecule has 0 aliphatic heterocycles. The number of halogens is 3. The van der Waals surface area contributed by atoms with E-state index in [9.17, 15) is 9.59 Å². The summed E-state index contributed by atoms with van der Waals surface area (Å²) in [5.74, 6) is -0.603. The minimum atomic E-state index is -0.968. The Labute approximate surface area is 224 Å². The van der Waals surface area contributed by atoms with Gasteiger partial charge in [-0.1, -0.05) is 28.1 Å². The summed E-state index contributed by atoms with van der Waals surface area (Å²) in [5.41, 5.74) is 4.91. The molecule has 0 fully saturated rings. The number of hydrogen-bond acceptors (Lipinski definition) is 5. The smallest absolute Gasteiger partial charge is 0.335 e. The number of aromatic carboxylic acids is 1. The number of carbonyl (C=O) groups is 2. The van der Waals surface area contributed by atoms with Crippen LogP contribution in [0, 0.1) is 3.57 Å². The summed E-state index contributed by atoms with van der Waals surface area (Å²) in [6.45, 7) is 0.284. The molecule has 4 rings (SSSR count). The number of carboxylic acid groups (broad SMARTS) is 1. The van der Waals surface area contributed by atoms with Gasteiger partial charge >= 0.3 is 11.9 Å². The van der Waals surface area contributed by atoms with Crippen LogP contribution >= 0.6 is 54.5 Å². The van der Waals surface area contributed by atoms with Crippen LogP contribution in [0.15, 0.2) is 79.1 Å². The second-order valence-corrected chi connectivity index (χ2v) is 10.0. The molecule has 1 amide bonds. The number of furan rings is 1. The van der Waals surface area contributed by atoms with Crippen LogP contribution in [0.5, 0.6) is 5.75 Å². The average Bonchev–Trinajstić information content (AvgIpc) is 3.22. The van der Waals surface area contributed by atoms with Gasteiger partial charge in [-0.3, -0.25) is 4.79 Å². The Morgan fingerprint density at radius 2 is 1.85 bits per heavy atom. The average molecular weight is 698 g/mol. The standard InChI is InChI=1S/C24H15Br2IN2O5/c25-17-5-6-20-16(9-17)10-21(34-20)23(30)29-28-11-14-7-18(26)22(19(27)8-14)33-12-13-1-3-15(4-2-13)24(31)32/h1-11H,12H2,(H,29,30)(H,31,32)/b28-11+. The van der Waals surface area contributed by atoms with E-state index in [2.05, 4.69) is 65.0 Å². The summed E-state index contributed by atoms with van der Waals surface area (Å²) in [6.07, 6.45) is 1.53. The highest BCUT2D eigenvalue weighted by molar-refractivity contribution is 14.1. The van der Waals surface area contributed by atoms with Crippen molar-refractivity contribution in [3.05, 3.63) is 95.6 Å². The van der Waals surface area contributed by atoms with E-state index in [-0.39, 0.29) is 17.9 Å². The molecule has 3 aromatic carbocycles. The lowest BCUT2D eigenvalue weighted by Crippen LogP contribution is -2.16. The van der Waals surface area contributed by atoms with Crippen molar-refractivity contribution in [3.8, 4) is 5.75 Å². The number of nitrogens with one attached hydrogen (secondary N) is 1. The van der Waals surface area contributed by atoms with E-state index in [4.69, 9.17) is 14.3 Å². The Balaban J connectivity index is 1.39. The summed E-state index contributed by atoms with van der Waals surface area (Å²) in [5, 5.41) is 13.8. The highest BCUT2D eigenvalue weighted by atomic mass is 127. The number of ether oxygens (including phenoxy) is 1. The lowest BCUT2D eigenvalue weighted by Gasteiger charge is -2.11. The first-order valence-corrected chi connectivity index (χ1v) is 12.4. The maximum Gasteiger partial charge on any atom is 0.335 e. The van der Waals surface area contributed by atoms with Crippen LogP contribution in [-0.2, 0) is 6.61 Å². The van der Waals surface area contributed by atoms with E-state index in [1.807, 2.05) is 24.3 Å². The lowest BCUT2D eigenvalue weighted by molar-refractivity contribution is 0.0696. The number of hydrazone groups is 1. The zero-order valence-corrected chi connectivity index (χ0v) is 22.5. The summed E-state index contributed by atoms with van der Waals surface area (Å²) >= 11 is 9.06. The van der Waals surface area contributed by atoms with Crippen LogP contribution in [0.3, 0.4) is 0 Å². The molecule has 0 saturated heterocycles. The summed E-state index contributed by atoms with van der Waals surface area (Å²) in [4.78, 5) is 23.3. The third-order valence-electron chi connectivity index (χ3n) is 4.69. The molecule has 0 atom stereocenters. The quantitative estimate of drug-likeness (QED) is 0.129. The Morgan fingerprint density at radius 3 is 2.56 bits per heavy atom. The van der Waals surface area contributed by atoms with Crippen molar-refractivity contribution in [1.29, 1.82) is 0 Å². The predicted molar refractivity (Wildman–Crippen MR) is 144 cm³/mol. The second kappa shape index (κ2) is 10.7. The number of benzene rings is 3. The number of carbonyl (C=O) groups excluding carboxylic acids is 1. The molecule has 4 aromatic rings. The number of amides is 1. The van der Waals surface area contributed by atoms with Crippen LogP contribution in [-0.4, -0.2) is 23.2 Å². The number of nitrogens with zero attached hydrogens (tertiary/aromatic N) is 1. The fraction of sp³-hybridized carbons (Fsp3) is 0.0417. The van der Waals surface area contributed by atoms with E-state index < -0.39 is 11.9 Å². The van der Waals surface area contributed by atoms with Gasteiger partial charge in [0.05, 0.1) is 19.8 Å². The molecule has 172 valence electrons. The fourth-order valence-corrected chi connectivity index (χ4v) is 5.19. The van der Waals surface area contributed by atoms with Crippen molar-refractivity contribution in [1.82, 2.24) is 5.43 Å². The van der Waals surface area contributed by atoms with Gasteiger partial charge in [0.2, 0.25) is 0 Å². The van der Waals surface area contributed by atoms with Crippen LogP contribution in [0.2, 0.25) is 0 Å². The van der Waals surface area contributed by atoms with Crippen LogP contribution in [0.1, 0.15) is 32.0 Å². The molecule has 1 heterocycles. The third kappa shape index (κ3) is 5.86. The summed E-state index contributed by atoms with van der Waals surface area (Å²) in [6, 6.07) is 17.4. The zero-order chi connectivity index (χ0) is 24.2. The van der Waals surface area contributed by atoms with Gasteiger partial charge in [0, 0.05) is 9.86 Å². The first kappa shape index (κ1) is 24.4. The molecule has 34 heavy (non-hydrogen) atoms. The van der Waals surface area contributed by atoms with Gasteiger partial charge in [-0.25, -0.2) is 10.2 Å². The molecule has 2 N–H and O–H groups in total. The fourth-order valence-electron chi connectivity index (χ4n) is 3.04. The second-order valence-electron chi connectivity index (χ2n) is 7.10. The molecule has 0 radical (unpaired) electrons. The lowest BCUT2D eigenvalue weighted by atomic mass is 10.1. The van der Waals surface area contributed by atoms with Gasteiger partial charge in [-0.15, -0.1) is 0 Å². The number of fused-ring (bicyclic) bond motifs is 1. The largest absolute Gasteiger partial charge is 0.487 e. The van der Waals surface area contributed by atoms with Crippen LogP contribution in [0.25, 0.3) is 11.0 Å². The Kier molecular flexibility index (Phi) is 7.69. The number of carboxylic acids is 1. The first-order valence-electron chi connectivity index (χ1n) is 9.77. The van der Waals surface area contributed by atoms with E-state index in [1.54, 1.807) is 36.4 Å². The molecule has 10 heteroatoms. The maximum absolute atomic E-state index is 12.4. The van der Waals surface area contributed by atoms with Crippen LogP contribution in [0.4, 0.5) is 0 Å². The minimum absolute atomic E-state index is 0.168. The molecule has 7 nitrogen and oxygen atoms in total. The van der Waals surface area contributed by atoms with Crippen molar-refractivity contribution in [2.45, 2.75) is 6.61 Å². The van der Waals surface area contributed by atoms with Crippen molar-refractivity contribution in [2.24, 2.45) is 5.10 Å². The zero-order valence-electron chi connectivity index (χ0n) is 17.2. The van der Waals surface area contributed by atoms with Crippen molar-refractivity contribution < 1.29 is 23.8 Å². The predicted octanol–water partition coefficient (Wildman–Crippen LogP) is 6.60. The van der Waals surface area contributed by atoms with Crippen molar-refractivity contribution in [2.75, 3.05) is 0 Å². The van der Waals surface area contributed by atoms with Gasteiger partial charge in [-0.2, -0.15) is 5.10 Å². The van der Waals surface area contributed by atoms with Crippen LogP contribution < -0.4 is 10.2 Å². The Hall–Kier alpha value is -2.70. The van der Waals surface area contributed by atoms with E-state index in [0.717, 1.165) is 29.0 Å². The SMILES string of the molecule is O=C(O)c1ccc(COc2c(Br)cc(/C=N/NC(=O)c3cc4cc(Br)ccc4o3)cc2I)cc1. The van der Waals surface area contributed by atoms with Gasteiger partial charge < -0.3 is 14.3 Å². The monoisotopic (exact) mass is 696 g/mol. The molecule has 0 saturated carbocycles. The molecule has 0 bridgehead atoms. The van der Waals surface area contributed by atoms with Crippen molar-refractivity contribution in [3.63, 3.8) is 0 Å².